The molecule has 0 fully saturated rings. The van der Waals surface area contributed by atoms with Crippen molar-refractivity contribution >= 4 is 0 Å². The number of rotatable bonds is 5. The maximum absolute atomic E-state index is 4.46. The van der Waals surface area contributed by atoms with Gasteiger partial charge in [0.15, 0.2) is 0 Å². The first kappa shape index (κ1) is 15.0. The van der Waals surface area contributed by atoms with Gasteiger partial charge >= 0.3 is 0 Å². The molecule has 0 unspecified atom stereocenters. The number of hydrogen-bond acceptors (Lipinski definition) is 2. The molecular weight excluding hydrogens is 318 g/mol. The molecule has 0 atom stereocenters. The standard InChI is InChI=1S/C23H18N3/c1-2-6-16(7-3-1)14-18-12-13-19-15-21(18)23(19)25-26-24-22-11-5-9-17-8-4-10-20(17)22/h1-7,9-13,15H,8,14H2,(H,24,25)/q-3. The van der Waals surface area contributed by atoms with E-state index < -0.39 is 0 Å². The highest BCUT2D eigenvalue weighted by Gasteiger charge is 2.19. The molecule has 6 rings (SSSR count). The van der Waals surface area contributed by atoms with Gasteiger partial charge in [0, 0.05) is 5.70 Å². The van der Waals surface area contributed by atoms with E-state index in [1.165, 1.54) is 28.2 Å². The van der Waals surface area contributed by atoms with E-state index in [2.05, 4.69) is 83.3 Å². The summed E-state index contributed by atoms with van der Waals surface area (Å²) in [6.45, 7) is 0. The summed E-state index contributed by atoms with van der Waals surface area (Å²) in [5, 5.41) is 8.72. The monoisotopic (exact) mass is 336 g/mol. The maximum atomic E-state index is 4.46. The Bertz CT molecular complexity index is 952. The summed E-state index contributed by atoms with van der Waals surface area (Å²) in [5.41, 5.74) is 11.3. The lowest BCUT2D eigenvalue weighted by Gasteiger charge is -2.38. The summed E-state index contributed by atoms with van der Waals surface area (Å²) >= 11 is 0. The van der Waals surface area contributed by atoms with Crippen LogP contribution in [0.3, 0.4) is 0 Å². The average Bonchev–Trinajstić information content (AvgIpc) is 3.15. The van der Waals surface area contributed by atoms with Crippen LogP contribution in [0.1, 0.15) is 12.0 Å². The van der Waals surface area contributed by atoms with Gasteiger partial charge in [-0.25, -0.2) is 18.1 Å². The lowest BCUT2D eigenvalue weighted by atomic mass is 9.77. The molecule has 0 saturated heterocycles. The molecule has 5 aliphatic carbocycles. The Labute approximate surface area is 153 Å². The minimum absolute atomic E-state index is 0.917. The Kier molecular flexibility index (Phi) is 3.56. The Balaban J connectivity index is 1.28. The molecule has 5 aliphatic rings. The highest BCUT2D eigenvalue weighted by molar-refractivity contribution is 5.69. The van der Waals surface area contributed by atoms with Crippen molar-refractivity contribution in [2.24, 2.45) is 10.3 Å². The van der Waals surface area contributed by atoms with Crippen LogP contribution in [0.5, 0.6) is 0 Å². The Morgan fingerprint density at radius 2 is 2.04 bits per heavy atom. The number of hydrogen-bond donors (Lipinski definition) is 1. The predicted molar refractivity (Wildman–Crippen MR) is 103 cm³/mol. The molecule has 3 heteroatoms. The molecule has 128 valence electrons. The van der Waals surface area contributed by atoms with Crippen LogP contribution < -0.4 is 5.43 Å². The molecule has 26 heavy (non-hydrogen) atoms. The molecule has 0 saturated carbocycles. The summed E-state index contributed by atoms with van der Waals surface area (Å²) in [5.74, 6) is 1.30. The van der Waals surface area contributed by atoms with Crippen molar-refractivity contribution < 1.29 is 0 Å². The van der Waals surface area contributed by atoms with Gasteiger partial charge < -0.3 is 5.43 Å². The molecule has 0 aromatic heterocycles. The van der Waals surface area contributed by atoms with Crippen LogP contribution in [0.2, 0.25) is 0 Å². The van der Waals surface area contributed by atoms with Gasteiger partial charge in [-0.3, -0.25) is 5.57 Å². The van der Waals surface area contributed by atoms with Crippen molar-refractivity contribution in [3.63, 3.8) is 0 Å². The molecule has 0 spiro atoms. The first-order valence-corrected chi connectivity index (χ1v) is 8.88. The summed E-state index contributed by atoms with van der Waals surface area (Å²) in [6.07, 6.45) is 19.0. The van der Waals surface area contributed by atoms with Gasteiger partial charge in [-0.05, 0) is 6.42 Å². The molecule has 1 aromatic carbocycles. The van der Waals surface area contributed by atoms with Crippen molar-refractivity contribution in [3.8, 4) is 0 Å². The van der Waals surface area contributed by atoms with E-state index >= 15 is 0 Å². The molecule has 0 aliphatic heterocycles. The summed E-state index contributed by atoms with van der Waals surface area (Å²) < 4.78 is 0. The zero-order valence-electron chi connectivity index (χ0n) is 14.3. The van der Waals surface area contributed by atoms with E-state index in [1.54, 1.807) is 0 Å². The summed E-state index contributed by atoms with van der Waals surface area (Å²) in [7, 11) is 0. The van der Waals surface area contributed by atoms with E-state index in [1.807, 2.05) is 12.1 Å². The minimum Gasteiger partial charge on any atom is -0.331 e. The molecule has 1 N–H and O–H groups in total. The van der Waals surface area contributed by atoms with Crippen molar-refractivity contribution in [1.82, 2.24) is 5.43 Å². The molecular formula is C23H18N3-3. The summed E-state index contributed by atoms with van der Waals surface area (Å²) in [4.78, 5) is 0. The number of benzene rings is 1. The highest BCUT2D eigenvalue weighted by atomic mass is 15.4. The van der Waals surface area contributed by atoms with Crippen molar-refractivity contribution in [3.05, 3.63) is 125 Å². The number of nitrogens with zero attached hydrogens (tertiary/aromatic N) is 2. The molecule has 0 heterocycles. The van der Waals surface area contributed by atoms with Crippen molar-refractivity contribution in [1.29, 1.82) is 0 Å². The SMILES string of the molecule is C1=C[C-](Cc2ccccc2)C2=C(N=NNC3=C[CH-]C=C4C[CH-]C=C43)C1=C2. The van der Waals surface area contributed by atoms with E-state index in [-0.39, 0.29) is 0 Å². The minimum atomic E-state index is 0.917. The zero-order chi connectivity index (χ0) is 17.3. The Morgan fingerprint density at radius 1 is 1.12 bits per heavy atom. The van der Waals surface area contributed by atoms with Crippen LogP contribution >= 0.6 is 0 Å². The van der Waals surface area contributed by atoms with Crippen LogP contribution in [0.25, 0.3) is 0 Å². The van der Waals surface area contributed by atoms with Gasteiger partial charge in [-0.15, -0.1) is 47.4 Å². The predicted octanol–water partition coefficient (Wildman–Crippen LogP) is 5.09. The van der Waals surface area contributed by atoms with E-state index in [4.69, 9.17) is 0 Å². The smallest absolute Gasteiger partial charge is 0.00162 e. The van der Waals surface area contributed by atoms with Gasteiger partial charge in [-0.1, -0.05) is 41.1 Å². The molecule has 2 bridgehead atoms. The van der Waals surface area contributed by atoms with Gasteiger partial charge in [0.05, 0.1) is 0 Å². The first-order valence-electron chi connectivity index (χ1n) is 8.88. The van der Waals surface area contributed by atoms with Crippen molar-refractivity contribution in [2.45, 2.75) is 12.8 Å². The fourth-order valence-corrected chi connectivity index (χ4v) is 3.62. The largest absolute Gasteiger partial charge is 0.331 e. The quantitative estimate of drug-likeness (QED) is 0.454. The van der Waals surface area contributed by atoms with Crippen LogP contribution in [0, 0.1) is 18.8 Å². The lowest BCUT2D eigenvalue weighted by Crippen LogP contribution is -2.16. The fourth-order valence-electron chi connectivity index (χ4n) is 3.62. The molecule has 0 radical (unpaired) electrons. The second kappa shape index (κ2) is 6.19. The van der Waals surface area contributed by atoms with Gasteiger partial charge in [-0.2, -0.15) is 23.7 Å². The Hall–Kier alpha value is -3.33. The summed E-state index contributed by atoms with van der Waals surface area (Å²) in [6, 6.07) is 10.5. The van der Waals surface area contributed by atoms with E-state index in [0.29, 0.717) is 0 Å². The molecule has 1 aromatic rings. The van der Waals surface area contributed by atoms with Gasteiger partial charge in [0.25, 0.3) is 0 Å². The third kappa shape index (κ3) is 2.58. The normalized spacial score (nSPS) is 19.8. The van der Waals surface area contributed by atoms with Crippen LogP contribution in [0.15, 0.2) is 111 Å². The fraction of sp³-hybridized carbons (Fsp3) is 0.0870. The van der Waals surface area contributed by atoms with Gasteiger partial charge in [0.1, 0.15) is 0 Å². The third-order valence-electron chi connectivity index (χ3n) is 5.01. The van der Waals surface area contributed by atoms with Crippen LogP contribution in [0.4, 0.5) is 0 Å². The second-order valence-electron chi connectivity index (χ2n) is 6.68. The van der Waals surface area contributed by atoms with E-state index in [0.717, 1.165) is 29.8 Å². The number of fused-ring (bicyclic) bond motifs is 2. The van der Waals surface area contributed by atoms with Crippen LogP contribution in [-0.4, -0.2) is 0 Å². The van der Waals surface area contributed by atoms with E-state index in [9.17, 15) is 0 Å². The Morgan fingerprint density at radius 3 is 2.92 bits per heavy atom. The first-order chi connectivity index (χ1) is 12.9. The van der Waals surface area contributed by atoms with Crippen LogP contribution in [-0.2, 0) is 6.42 Å². The van der Waals surface area contributed by atoms with Gasteiger partial charge in [0.2, 0.25) is 0 Å². The maximum Gasteiger partial charge on any atom is 0.00162 e. The van der Waals surface area contributed by atoms with Crippen molar-refractivity contribution in [2.75, 3.05) is 0 Å². The second-order valence-corrected chi connectivity index (χ2v) is 6.68. The zero-order valence-corrected chi connectivity index (χ0v) is 14.3. The number of allylic oxidation sites excluding steroid dienone is 8. The lowest BCUT2D eigenvalue weighted by molar-refractivity contribution is 0.800. The average molecular weight is 336 g/mol. The topological polar surface area (TPSA) is 36.8 Å². The third-order valence-corrected chi connectivity index (χ3v) is 5.01. The highest BCUT2D eigenvalue weighted by Crippen LogP contribution is 2.42. The molecule has 3 nitrogen and oxygen atoms in total. The molecule has 0 amide bonds. The number of nitrogens with one attached hydrogen (secondary N) is 1.